The number of hydrogen-bond donors (Lipinski definition) is 3. The van der Waals surface area contributed by atoms with Crippen molar-refractivity contribution in [3.8, 4) is 0 Å². The summed E-state index contributed by atoms with van der Waals surface area (Å²) in [7, 11) is 0. The van der Waals surface area contributed by atoms with E-state index in [4.69, 9.17) is 5.73 Å². The molecule has 0 saturated heterocycles. The van der Waals surface area contributed by atoms with Crippen molar-refractivity contribution in [1.29, 1.82) is 0 Å². The van der Waals surface area contributed by atoms with E-state index in [0.29, 0.717) is 23.5 Å². The molecule has 1 aromatic rings. The number of hydrogen-bond acceptors (Lipinski definition) is 5. The Hall–Kier alpha value is -1.30. The zero-order valence-electron chi connectivity index (χ0n) is 11.5. The molecular formula is C13H22N4OS. The monoisotopic (exact) mass is 282 g/mol. The van der Waals surface area contributed by atoms with Gasteiger partial charge in [0.2, 0.25) is 0 Å². The third-order valence-corrected chi connectivity index (χ3v) is 4.12. The predicted molar refractivity (Wildman–Crippen MR) is 79.6 cm³/mol. The van der Waals surface area contributed by atoms with Crippen molar-refractivity contribution in [1.82, 2.24) is 9.69 Å². The molecule has 0 bridgehead atoms. The molecule has 2 rings (SSSR count). The summed E-state index contributed by atoms with van der Waals surface area (Å²) in [5.74, 6) is 0.236. The summed E-state index contributed by atoms with van der Waals surface area (Å²) < 4.78 is 4.11. The molecular weight excluding hydrogens is 260 g/mol. The SMILES string of the molecule is CCCC(CC)Nc1snc(N)c1C(=O)NC1CC1. The highest BCUT2D eigenvalue weighted by atomic mass is 32.1. The van der Waals surface area contributed by atoms with Gasteiger partial charge in [0.1, 0.15) is 10.6 Å². The molecule has 6 heteroatoms. The van der Waals surface area contributed by atoms with Crippen LogP contribution in [0.1, 0.15) is 56.3 Å². The maximum atomic E-state index is 12.2. The van der Waals surface area contributed by atoms with E-state index in [0.717, 1.165) is 37.1 Å². The molecule has 19 heavy (non-hydrogen) atoms. The lowest BCUT2D eigenvalue weighted by atomic mass is 10.1. The van der Waals surface area contributed by atoms with Gasteiger partial charge < -0.3 is 16.4 Å². The van der Waals surface area contributed by atoms with Gasteiger partial charge in [-0.3, -0.25) is 4.79 Å². The highest BCUT2D eigenvalue weighted by molar-refractivity contribution is 7.11. The van der Waals surface area contributed by atoms with E-state index < -0.39 is 0 Å². The number of nitrogen functional groups attached to an aromatic ring is 1. The normalized spacial score (nSPS) is 16.1. The number of anilines is 2. The van der Waals surface area contributed by atoms with E-state index in [9.17, 15) is 4.79 Å². The first-order valence-electron chi connectivity index (χ1n) is 6.98. The van der Waals surface area contributed by atoms with Crippen LogP contribution in [0.2, 0.25) is 0 Å². The minimum Gasteiger partial charge on any atom is -0.382 e. The van der Waals surface area contributed by atoms with Crippen molar-refractivity contribution in [2.75, 3.05) is 11.1 Å². The molecule has 106 valence electrons. The van der Waals surface area contributed by atoms with Crippen LogP contribution >= 0.6 is 11.5 Å². The van der Waals surface area contributed by atoms with E-state index in [1.54, 1.807) is 0 Å². The predicted octanol–water partition coefficient (Wildman–Crippen LogP) is 2.61. The summed E-state index contributed by atoms with van der Waals surface area (Å²) in [6, 6.07) is 0.703. The van der Waals surface area contributed by atoms with E-state index in [1.165, 1.54) is 11.5 Å². The number of nitrogens with one attached hydrogen (secondary N) is 2. The van der Waals surface area contributed by atoms with Crippen molar-refractivity contribution in [3.05, 3.63) is 5.56 Å². The van der Waals surface area contributed by atoms with Gasteiger partial charge in [-0.05, 0) is 37.2 Å². The molecule has 0 radical (unpaired) electrons. The Morgan fingerprint density at radius 1 is 1.53 bits per heavy atom. The quantitative estimate of drug-likeness (QED) is 0.718. The Morgan fingerprint density at radius 3 is 2.84 bits per heavy atom. The average Bonchev–Trinajstić information content (AvgIpc) is 3.11. The highest BCUT2D eigenvalue weighted by Crippen LogP contribution is 2.29. The molecule has 1 atom stereocenters. The maximum Gasteiger partial charge on any atom is 0.258 e. The van der Waals surface area contributed by atoms with Gasteiger partial charge in [-0.25, -0.2) is 0 Å². The van der Waals surface area contributed by atoms with Crippen LogP contribution in [0.15, 0.2) is 0 Å². The fourth-order valence-electron chi connectivity index (χ4n) is 2.02. The number of nitrogens with zero attached hydrogens (tertiary/aromatic N) is 1. The zero-order chi connectivity index (χ0) is 13.8. The van der Waals surface area contributed by atoms with Crippen molar-refractivity contribution in [2.45, 2.75) is 58.0 Å². The Bertz CT molecular complexity index is 442. The molecule has 4 N–H and O–H groups in total. The highest BCUT2D eigenvalue weighted by Gasteiger charge is 2.27. The number of rotatable bonds is 7. The van der Waals surface area contributed by atoms with Gasteiger partial charge in [0.25, 0.3) is 5.91 Å². The summed E-state index contributed by atoms with van der Waals surface area (Å²) in [6.07, 6.45) is 5.36. The second kappa shape index (κ2) is 6.23. The van der Waals surface area contributed by atoms with Gasteiger partial charge in [0, 0.05) is 12.1 Å². The molecule has 1 aliphatic rings. The summed E-state index contributed by atoms with van der Waals surface area (Å²) in [6.45, 7) is 4.30. The van der Waals surface area contributed by atoms with Crippen LogP contribution < -0.4 is 16.4 Å². The van der Waals surface area contributed by atoms with Crippen LogP contribution in [0.4, 0.5) is 10.8 Å². The maximum absolute atomic E-state index is 12.2. The van der Waals surface area contributed by atoms with E-state index >= 15 is 0 Å². The Kier molecular flexibility index (Phi) is 4.63. The third-order valence-electron chi connectivity index (χ3n) is 3.32. The summed E-state index contributed by atoms with van der Waals surface area (Å²) in [5, 5.41) is 7.18. The first-order chi connectivity index (χ1) is 9.15. The van der Waals surface area contributed by atoms with Crippen LogP contribution in [-0.2, 0) is 0 Å². The second-order valence-corrected chi connectivity index (χ2v) is 5.83. The smallest absolute Gasteiger partial charge is 0.258 e. The lowest BCUT2D eigenvalue weighted by Crippen LogP contribution is -2.27. The van der Waals surface area contributed by atoms with Crippen molar-refractivity contribution in [2.24, 2.45) is 0 Å². The molecule has 1 unspecified atom stereocenters. The number of carbonyl (C=O) groups excluding carboxylic acids is 1. The summed E-state index contributed by atoms with van der Waals surface area (Å²) >= 11 is 1.27. The van der Waals surface area contributed by atoms with Crippen LogP contribution in [0.5, 0.6) is 0 Å². The Labute approximate surface area is 118 Å². The standard InChI is InChI=1S/C13H22N4OS/c1-3-5-8(4-2)16-13-10(11(14)17-19-13)12(18)15-9-6-7-9/h8-9,16H,3-7H2,1-2H3,(H2,14,17)(H,15,18). The topological polar surface area (TPSA) is 80.0 Å². The van der Waals surface area contributed by atoms with E-state index in [2.05, 4.69) is 28.9 Å². The van der Waals surface area contributed by atoms with E-state index in [1.807, 2.05) is 0 Å². The molecule has 1 fully saturated rings. The fourth-order valence-corrected chi connectivity index (χ4v) is 2.81. The van der Waals surface area contributed by atoms with E-state index in [-0.39, 0.29) is 5.91 Å². The molecule has 0 aromatic carbocycles. The van der Waals surface area contributed by atoms with Crippen LogP contribution in [0.25, 0.3) is 0 Å². The minimum atomic E-state index is -0.0948. The second-order valence-electron chi connectivity index (χ2n) is 5.06. The summed E-state index contributed by atoms with van der Waals surface area (Å²) in [5.41, 5.74) is 6.35. The largest absolute Gasteiger partial charge is 0.382 e. The van der Waals surface area contributed by atoms with Gasteiger partial charge >= 0.3 is 0 Å². The number of carbonyl (C=O) groups is 1. The van der Waals surface area contributed by atoms with Crippen molar-refractivity contribution in [3.63, 3.8) is 0 Å². The first kappa shape index (κ1) is 14.1. The van der Waals surface area contributed by atoms with Gasteiger partial charge in [-0.1, -0.05) is 20.3 Å². The number of aromatic nitrogens is 1. The number of nitrogens with two attached hydrogens (primary N) is 1. The molecule has 5 nitrogen and oxygen atoms in total. The minimum absolute atomic E-state index is 0.0948. The molecule has 0 spiro atoms. The first-order valence-corrected chi connectivity index (χ1v) is 7.75. The molecule has 1 amide bonds. The van der Waals surface area contributed by atoms with Gasteiger partial charge in [0.05, 0.1) is 0 Å². The third kappa shape index (κ3) is 3.59. The summed E-state index contributed by atoms with van der Waals surface area (Å²) in [4.78, 5) is 12.2. The number of amides is 1. The average molecular weight is 282 g/mol. The van der Waals surface area contributed by atoms with Gasteiger partial charge in [-0.15, -0.1) is 0 Å². The molecule has 1 aromatic heterocycles. The Morgan fingerprint density at radius 2 is 2.26 bits per heavy atom. The van der Waals surface area contributed by atoms with Crippen LogP contribution in [0, 0.1) is 0 Å². The Balaban J connectivity index is 2.09. The zero-order valence-corrected chi connectivity index (χ0v) is 12.3. The van der Waals surface area contributed by atoms with Crippen molar-refractivity contribution >= 4 is 28.3 Å². The lowest BCUT2D eigenvalue weighted by Gasteiger charge is -2.16. The fraction of sp³-hybridized carbons (Fsp3) is 0.692. The lowest BCUT2D eigenvalue weighted by molar-refractivity contribution is 0.0953. The molecule has 1 saturated carbocycles. The van der Waals surface area contributed by atoms with Gasteiger partial charge in [0.15, 0.2) is 5.82 Å². The van der Waals surface area contributed by atoms with Gasteiger partial charge in [-0.2, -0.15) is 4.37 Å². The molecule has 1 heterocycles. The molecule has 0 aliphatic heterocycles. The van der Waals surface area contributed by atoms with Crippen LogP contribution in [0.3, 0.4) is 0 Å². The van der Waals surface area contributed by atoms with Crippen LogP contribution in [-0.4, -0.2) is 22.4 Å². The van der Waals surface area contributed by atoms with Crippen molar-refractivity contribution < 1.29 is 4.79 Å². The molecule has 1 aliphatic carbocycles.